The number of carbonyl (C=O) groups is 1. The highest BCUT2D eigenvalue weighted by Gasteiger charge is 2.27. The highest BCUT2D eigenvalue weighted by molar-refractivity contribution is 5.97. The van der Waals surface area contributed by atoms with Crippen LogP contribution >= 0.6 is 0 Å². The molecular formula is C11H18N4O2. The number of nitrogens with zero attached hydrogens (tertiary/aromatic N) is 3. The number of rotatable bonds is 3. The molecule has 0 bridgehead atoms. The SMILES string of the molecule is CCn1cc(N)c(C(=O)N(C)C2CCOC2)n1. The highest BCUT2D eigenvalue weighted by atomic mass is 16.5. The molecule has 6 nitrogen and oxygen atoms in total. The van der Waals surface area contributed by atoms with E-state index in [1.165, 1.54) is 0 Å². The van der Waals surface area contributed by atoms with E-state index in [2.05, 4.69) is 5.10 Å². The van der Waals surface area contributed by atoms with Gasteiger partial charge in [-0.3, -0.25) is 9.48 Å². The van der Waals surface area contributed by atoms with Gasteiger partial charge in [0.05, 0.1) is 18.3 Å². The summed E-state index contributed by atoms with van der Waals surface area (Å²) in [5.74, 6) is -0.134. The highest BCUT2D eigenvalue weighted by Crippen LogP contribution is 2.16. The summed E-state index contributed by atoms with van der Waals surface area (Å²) >= 11 is 0. The lowest BCUT2D eigenvalue weighted by molar-refractivity contribution is 0.0705. The summed E-state index contributed by atoms with van der Waals surface area (Å²) in [4.78, 5) is 13.9. The molecule has 1 aliphatic rings. The van der Waals surface area contributed by atoms with Crippen LogP contribution in [0.15, 0.2) is 6.20 Å². The Balaban J connectivity index is 2.14. The van der Waals surface area contributed by atoms with Crippen LogP contribution in [0, 0.1) is 0 Å². The van der Waals surface area contributed by atoms with Crippen molar-refractivity contribution in [1.29, 1.82) is 0 Å². The normalized spacial score (nSPS) is 19.5. The fourth-order valence-corrected chi connectivity index (χ4v) is 1.93. The molecule has 2 heterocycles. The molecule has 1 aromatic heterocycles. The average Bonchev–Trinajstić information content (AvgIpc) is 2.95. The van der Waals surface area contributed by atoms with Crippen molar-refractivity contribution in [3.05, 3.63) is 11.9 Å². The summed E-state index contributed by atoms with van der Waals surface area (Å²) in [5, 5.41) is 4.18. The van der Waals surface area contributed by atoms with Gasteiger partial charge in [-0.1, -0.05) is 0 Å². The van der Waals surface area contributed by atoms with Crippen molar-refractivity contribution in [2.45, 2.75) is 25.9 Å². The maximum Gasteiger partial charge on any atom is 0.276 e. The summed E-state index contributed by atoms with van der Waals surface area (Å²) in [5.41, 5.74) is 6.56. The number of aromatic nitrogens is 2. The molecular weight excluding hydrogens is 220 g/mol. The summed E-state index contributed by atoms with van der Waals surface area (Å²) in [7, 11) is 1.77. The van der Waals surface area contributed by atoms with E-state index in [0.717, 1.165) is 6.42 Å². The molecule has 17 heavy (non-hydrogen) atoms. The summed E-state index contributed by atoms with van der Waals surface area (Å²) in [6.07, 6.45) is 2.56. The first-order chi connectivity index (χ1) is 8.13. The third-order valence-corrected chi connectivity index (χ3v) is 3.09. The van der Waals surface area contributed by atoms with E-state index in [-0.39, 0.29) is 11.9 Å². The van der Waals surface area contributed by atoms with E-state index in [9.17, 15) is 4.79 Å². The number of carbonyl (C=O) groups excluding carboxylic acids is 1. The van der Waals surface area contributed by atoms with Crippen molar-refractivity contribution < 1.29 is 9.53 Å². The molecule has 94 valence electrons. The molecule has 1 aromatic rings. The molecule has 1 aliphatic heterocycles. The molecule has 2 rings (SSSR count). The van der Waals surface area contributed by atoms with E-state index in [1.807, 2.05) is 6.92 Å². The van der Waals surface area contributed by atoms with E-state index in [4.69, 9.17) is 10.5 Å². The predicted molar refractivity (Wildman–Crippen MR) is 63.6 cm³/mol. The van der Waals surface area contributed by atoms with Crippen molar-refractivity contribution in [3.63, 3.8) is 0 Å². The molecule has 1 fully saturated rings. The molecule has 1 amide bonds. The predicted octanol–water partition coefficient (Wildman–Crippen LogP) is 0.346. The lowest BCUT2D eigenvalue weighted by atomic mass is 10.2. The van der Waals surface area contributed by atoms with Crippen LogP contribution in [0.5, 0.6) is 0 Å². The van der Waals surface area contributed by atoms with Crippen molar-refractivity contribution in [1.82, 2.24) is 14.7 Å². The summed E-state index contributed by atoms with van der Waals surface area (Å²) in [6, 6.07) is 0.133. The number of likely N-dealkylation sites (N-methyl/N-ethyl adjacent to an activating group) is 1. The summed E-state index contributed by atoms with van der Waals surface area (Å²) in [6.45, 7) is 3.96. The Labute approximate surface area is 100 Å². The number of nitrogen functional groups attached to an aromatic ring is 1. The Morgan fingerprint density at radius 1 is 1.76 bits per heavy atom. The van der Waals surface area contributed by atoms with Crippen LogP contribution in [0.25, 0.3) is 0 Å². The van der Waals surface area contributed by atoms with Crippen LogP contribution in [-0.4, -0.2) is 46.9 Å². The minimum Gasteiger partial charge on any atom is -0.396 e. The maximum absolute atomic E-state index is 12.2. The van der Waals surface area contributed by atoms with Gasteiger partial charge in [0.2, 0.25) is 0 Å². The second-order valence-electron chi connectivity index (χ2n) is 4.22. The molecule has 2 N–H and O–H groups in total. The Hall–Kier alpha value is -1.56. The molecule has 6 heteroatoms. The first kappa shape index (κ1) is 11.9. The smallest absolute Gasteiger partial charge is 0.276 e. The number of nitrogens with two attached hydrogens (primary N) is 1. The van der Waals surface area contributed by atoms with Crippen LogP contribution in [-0.2, 0) is 11.3 Å². The van der Waals surface area contributed by atoms with Crippen LogP contribution in [0.4, 0.5) is 5.69 Å². The minimum absolute atomic E-state index is 0.133. The Morgan fingerprint density at radius 2 is 2.53 bits per heavy atom. The van der Waals surface area contributed by atoms with Crippen LogP contribution in [0.3, 0.4) is 0 Å². The number of ether oxygens (including phenoxy) is 1. The van der Waals surface area contributed by atoms with E-state index >= 15 is 0 Å². The zero-order valence-corrected chi connectivity index (χ0v) is 10.2. The van der Waals surface area contributed by atoms with Gasteiger partial charge in [0.1, 0.15) is 0 Å². The van der Waals surface area contributed by atoms with E-state index < -0.39 is 0 Å². The molecule has 1 saturated heterocycles. The lowest BCUT2D eigenvalue weighted by Gasteiger charge is -2.22. The minimum atomic E-state index is -0.134. The average molecular weight is 238 g/mol. The van der Waals surface area contributed by atoms with Crippen molar-refractivity contribution in [2.24, 2.45) is 0 Å². The monoisotopic (exact) mass is 238 g/mol. The van der Waals surface area contributed by atoms with Gasteiger partial charge in [-0.05, 0) is 13.3 Å². The van der Waals surface area contributed by atoms with Gasteiger partial charge < -0.3 is 15.4 Å². The fraction of sp³-hybridized carbons (Fsp3) is 0.636. The Morgan fingerprint density at radius 3 is 3.06 bits per heavy atom. The molecule has 0 radical (unpaired) electrons. The lowest BCUT2D eigenvalue weighted by Crippen LogP contribution is -2.37. The second-order valence-corrected chi connectivity index (χ2v) is 4.22. The second kappa shape index (κ2) is 4.75. The quantitative estimate of drug-likeness (QED) is 0.824. The molecule has 0 aliphatic carbocycles. The van der Waals surface area contributed by atoms with Gasteiger partial charge >= 0.3 is 0 Å². The van der Waals surface area contributed by atoms with Gasteiger partial charge in [-0.2, -0.15) is 5.10 Å². The largest absolute Gasteiger partial charge is 0.396 e. The van der Waals surface area contributed by atoms with Crippen LogP contribution < -0.4 is 5.73 Å². The van der Waals surface area contributed by atoms with Gasteiger partial charge in [0, 0.05) is 26.4 Å². The Kier molecular flexibility index (Phi) is 3.33. The standard InChI is InChI=1S/C11H18N4O2/c1-3-15-6-9(12)10(13-15)11(16)14(2)8-4-5-17-7-8/h6,8H,3-5,7,12H2,1-2H3. The van der Waals surface area contributed by atoms with Crippen molar-refractivity contribution in [3.8, 4) is 0 Å². The number of amides is 1. The number of anilines is 1. The topological polar surface area (TPSA) is 73.4 Å². The van der Waals surface area contributed by atoms with Gasteiger partial charge in [0.15, 0.2) is 5.69 Å². The van der Waals surface area contributed by atoms with Gasteiger partial charge in [0.25, 0.3) is 5.91 Å². The van der Waals surface area contributed by atoms with Crippen molar-refractivity contribution in [2.75, 3.05) is 26.0 Å². The molecule has 1 unspecified atom stereocenters. The molecule has 1 atom stereocenters. The van der Waals surface area contributed by atoms with E-state index in [0.29, 0.717) is 31.1 Å². The fourth-order valence-electron chi connectivity index (χ4n) is 1.93. The zero-order valence-electron chi connectivity index (χ0n) is 10.2. The molecule has 0 spiro atoms. The first-order valence-electron chi connectivity index (χ1n) is 5.81. The number of hydrogen-bond acceptors (Lipinski definition) is 4. The van der Waals surface area contributed by atoms with Gasteiger partial charge in [-0.15, -0.1) is 0 Å². The first-order valence-corrected chi connectivity index (χ1v) is 5.81. The number of aryl methyl sites for hydroxylation is 1. The third kappa shape index (κ3) is 2.26. The van der Waals surface area contributed by atoms with Gasteiger partial charge in [-0.25, -0.2) is 0 Å². The molecule has 0 saturated carbocycles. The van der Waals surface area contributed by atoms with Crippen LogP contribution in [0.1, 0.15) is 23.8 Å². The maximum atomic E-state index is 12.2. The summed E-state index contributed by atoms with van der Waals surface area (Å²) < 4.78 is 6.94. The number of hydrogen-bond donors (Lipinski definition) is 1. The molecule has 0 aromatic carbocycles. The van der Waals surface area contributed by atoms with Crippen molar-refractivity contribution >= 4 is 11.6 Å². The Bertz CT molecular complexity index is 410. The zero-order chi connectivity index (χ0) is 12.4. The van der Waals surface area contributed by atoms with E-state index in [1.54, 1.807) is 22.8 Å². The van der Waals surface area contributed by atoms with Crippen LogP contribution in [0.2, 0.25) is 0 Å². The third-order valence-electron chi connectivity index (χ3n) is 3.09.